The molecule has 4 rings (SSSR count). The van der Waals surface area contributed by atoms with Crippen LogP contribution in [0.1, 0.15) is 82.1 Å². The molecule has 0 amide bonds. The lowest BCUT2D eigenvalue weighted by Gasteiger charge is -2.11. The minimum absolute atomic E-state index is 0.251. The molecule has 3 heterocycles. The molecule has 0 unspecified atom stereocenters. The van der Waals surface area contributed by atoms with Crippen molar-refractivity contribution in [2.24, 2.45) is 0 Å². The third kappa shape index (κ3) is 5.68. The average molecular weight is 497 g/mol. The molecule has 0 fully saturated rings. The molecule has 1 aromatic carbocycles. The summed E-state index contributed by atoms with van der Waals surface area (Å²) < 4.78 is 32.7. The van der Waals surface area contributed by atoms with Crippen molar-refractivity contribution in [2.45, 2.75) is 84.6 Å². The van der Waals surface area contributed by atoms with Gasteiger partial charge in [-0.2, -0.15) is 14.0 Å². The van der Waals surface area contributed by atoms with Crippen LogP contribution in [0.15, 0.2) is 36.5 Å². The van der Waals surface area contributed by atoms with E-state index >= 15 is 0 Å². The fraction of sp³-hybridized carbons (Fsp3) is 0.500. The van der Waals surface area contributed by atoms with Crippen molar-refractivity contribution in [1.82, 2.24) is 40.0 Å². The Hall–Kier alpha value is -3.43. The third-order valence-electron chi connectivity index (χ3n) is 6.27. The highest BCUT2D eigenvalue weighted by atomic mass is 19.3. The number of alkyl halides is 2. The first kappa shape index (κ1) is 25.7. The molecule has 0 atom stereocenters. The van der Waals surface area contributed by atoms with E-state index in [0.29, 0.717) is 31.0 Å². The number of aromatic nitrogens is 8. The zero-order valence-corrected chi connectivity index (χ0v) is 21.2. The lowest BCUT2D eigenvalue weighted by Crippen LogP contribution is -2.15. The van der Waals surface area contributed by atoms with Crippen LogP contribution in [0, 0.1) is 0 Å². The minimum atomic E-state index is -3.01. The average Bonchev–Trinajstić information content (AvgIpc) is 3.62. The lowest BCUT2D eigenvalue weighted by molar-refractivity contribution is -0.0232. The normalized spacial score (nSPS) is 11.9. The van der Waals surface area contributed by atoms with Crippen LogP contribution in [-0.2, 0) is 25.3 Å². The van der Waals surface area contributed by atoms with E-state index in [1.807, 2.05) is 30.5 Å². The Labute approximate surface area is 210 Å². The van der Waals surface area contributed by atoms with E-state index in [-0.39, 0.29) is 12.2 Å². The molecule has 1 N–H and O–H groups in total. The van der Waals surface area contributed by atoms with Gasteiger partial charge in [-0.15, -0.1) is 15.3 Å². The number of unbranched alkanes of at least 4 members (excludes halogenated alkanes) is 2. The number of hydrogen-bond donors (Lipinski definition) is 1. The van der Waals surface area contributed by atoms with Crippen molar-refractivity contribution in [3.8, 4) is 17.2 Å². The molecule has 0 saturated carbocycles. The van der Waals surface area contributed by atoms with E-state index in [2.05, 4.69) is 55.2 Å². The zero-order valence-electron chi connectivity index (χ0n) is 21.2. The van der Waals surface area contributed by atoms with Gasteiger partial charge in [-0.3, -0.25) is 0 Å². The molecule has 0 aliphatic heterocycles. The summed E-state index contributed by atoms with van der Waals surface area (Å²) in [5.41, 5.74) is 4.02. The standard InChI is InChI=1S/C26H34F2N8/c1-4-7-9-20-15-17-35(23(20)24-30-33-34-31-24)21-13-11-19(12-14-21)18-36-22(10-8-5-2)29-25(32-36)26(27,28)16-6-3/h11-15,17H,4-10,16,18H2,1-3H3,(H,30,31,33,34). The van der Waals surface area contributed by atoms with E-state index in [1.165, 1.54) is 5.56 Å². The highest BCUT2D eigenvalue weighted by molar-refractivity contribution is 5.60. The van der Waals surface area contributed by atoms with Crippen molar-refractivity contribution >= 4 is 0 Å². The highest BCUT2D eigenvalue weighted by Gasteiger charge is 2.36. The molecule has 4 aromatic rings. The summed E-state index contributed by atoms with van der Waals surface area (Å²) in [5.74, 6) is -2.22. The van der Waals surface area contributed by atoms with Gasteiger partial charge in [-0.1, -0.05) is 45.7 Å². The summed E-state index contributed by atoms with van der Waals surface area (Å²) in [6.07, 6.45) is 7.72. The largest absolute Gasteiger partial charge is 0.313 e. The topological polar surface area (TPSA) is 90.1 Å². The summed E-state index contributed by atoms with van der Waals surface area (Å²) in [4.78, 5) is 4.24. The number of rotatable bonds is 13. The minimum Gasteiger partial charge on any atom is -0.313 e. The Morgan fingerprint density at radius 2 is 1.69 bits per heavy atom. The number of tetrazole rings is 1. The summed E-state index contributed by atoms with van der Waals surface area (Å²) in [7, 11) is 0. The highest BCUT2D eigenvalue weighted by Crippen LogP contribution is 2.31. The number of nitrogens with zero attached hydrogens (tertiary/aromatic N) is 7. The van der Waals surface area contributed by atoms with Gasteiger partial charge in [-0.05, 0) is 60.2 Å². The van der Waals surface area contributed by atoms with Crippen LogP contribution in [0.4, 0.5) is 8.78 Å². The molecule has 8 nitrogen and oxygen atoms in total. The van der Waals surface area contributed by atoms with Gasteiger partial charge in [0, 0.05) is 24.7 Å². The molecule has 192 valence electrons. The van der Waals surface area contributed by atoms with Crippen molar-refractivity contribution in [3.63, 3.8) is 0 Å². The van der Waals surface area contributed by atoms with E-state index in [0.717, 1.165) is 49.0 Å². The molecule has 0 aliphatic rings. The fourth-order valence-electron chi connectivity index (χ4n) is 4.31. The number of aromatic amines is 1. The first-order valence-electron chi connectivity index (χ1n) is 12.8. The second-order valence-electron chi connectivity index (χ2n) is 9.13. The Morgan fingerprint density at radius 3 is 2.36 bits per heavy atom. The SMILES string of the molecule is CCCCc1ccn(-c2ccc(Cn3nc(C(F)(F)CCC)nc3CCCC)cc2)c1-c1nn[nH]n1. The summed E-state index contributed by atoms with van der Waals surface area (Å²) >= 11 is 0. The third-order valence-corrected chi connectivity index (χ3v) is 6.27. The van der Waals surface area contributed by atoms with Crippen molar-refractivity contribution < 1.29 is 8.78 Å². The number of halogens is 2. The van der Waals surface area contributed by atoms with Crippen molar-refractivity contribution in [3.05, 3.63) is 59.3 Å². The monoisotopic (exact) mass is 496 g/mol. The maximum atomic E-state index is 14.5. The van der Waals surface area contributed by atoms with Crippen LogP contribution in [0.25, 0.3) is 17.2 Å². The Balaban J connectivity index is 1.60. The molecule has 0 aliphatic carbocycles. The molecular weight excluding hydrogens is 462 g/mol. The Kier molecular flexibility index (Phi) is 8.22. The predicted molar refractivity (Wildman–Crippen MR) is 134 cm³/mol. The number of benzene rings is 1. The molecule has 3 aromatic heterocycles. The maximum absolute atomic E-state index is 14.5. The van der Waals surface area contributed by atoms with E-state index < -0.39 is 5.92 Å². The van der Waals surface area contributed by atoms with Crippen molar-refractivity contribution in [2.75, 3.05) is 0 Å². The summed E-state index contributed by atoms with van der Waals surface area (Å²) in [6, 6.07) is 10.1. The van der Waals surface area contributed by atoms with Gasteiger partial charge >= 0.3 is 5.92 Å². The van der Waals surface area contributed by atoms with Crippen molar-refractivity contribution in [1.29, 1.82) is 0 Å². The quantitative estimate of drug-likeness (QED) is 0.250. The molecular formula is C26H34F2N8. The van der Waals surface area contributed by atoms with E-state index in [9.17, 15) is 8.78 Å². The fourth-order valence-corrected chi connectivity index (χ4v) is 4.31. The Morgan fingerprint density at radius 1 is 0.944 bits per heavy atom. The Bertz CT molecular complexity index is 1230. The van der Waals surface area contributed by atoms with Gasteiger partial charge in [0.25, 0.3) is 0 Å². The van der Waals surface area contributed by atoms with Gasteiger partial charge in [0.1, 0.15) is 5.82 Å². The predicted octanol–water partition coefficient (Wildman–Crippen LogP) is 5.87. The van der Waals surface area contributed by atoms with Crippen LogP contribution in [-0.4, -0.2) is 40.0 Å². The molecule has 10 heteroatoms. The van der Waals surface area contributed by atoms with Gasteiger partial charge in [0.05, 0.1) is 12.2 Å². The summed E-state index contributed by atoms with van der Waals surface area (Å²) in [5, 5.41) is 18.9. The van der Waals surface area contributed by atoms with Gasteiger partial charge in [0.2, 0.25) is 11.6 Å². The number of nitrogens with one attached hydrogen (secondary N) is 1. The van der Waals surface area contributed by atoms with Gasteiger partial charge < -0.3 is 4.57 Å². The maximum Gasteiger partial charge on any atom is 0.308 e. The van der Waals surface area contributed by atoms with Crippen LogP contribution in [0.3, 0.4) is 0 Å². The molecule has 0 radical (unpaired) electrons. The second kappa shape index (κ2) is 11.5. The molecule has 36 heavy (non-hydrogen) atoms. The molecule has 0 spiro atoms. The first-order chi connectivity index (χ1) is 17.5. The molecule has 0 bridgehead atoms. The zero-order chi connectivity index (χ0) is 25.5. The van der Waals surface area contributed by atoms with Crippen LogP contribution in [0.5, 0.6) is 0 Å². The summed E-state index contributed by atoms with van der Waals surface area (Å²) in [6.45, 7) is 6.37. The van der Waals surface area contributed by atoms with Crippen LogP contribution >= 0.6 is 0 Å². The second-order valence-corrected chi connectivity index (χ2v) is 9.13. The number of aryl methyl sites for hydroxylation is 2. The van der Waals surface area contributed by atoms with Gasteiger partial charge in [-0.25, -0.2) is 9.67 Å². The van der Waals surface area contributed by atoms with Crippen LogP contribution in [0.2, 0.25) is 0 Å². The first-order valence-corrected chi connectivity index (χ1v) is 12.8. The smallest absolute Gasteiger partial charge is 0.308 e. The van der Waals surface area contributed by atoms with E-state index in [4.69, 9.17) is 0 Å². The number of hydrogen-bond acceptors (Lipinski definition) is 5. The van der Waals surface area contributed by atoms with Gasteiger partial charge in [0.15, 0.2) is 0 Å². The number of H-pyrrole nitrogens is 1. The van der Waals surface area contributed by atoms with E-state index in [1.54, 1.807) is 11.6 Å². The van der Waals surface area contributed by atoms with Crippen LogP contribution < -0.4 is 0 Å². The lowest BCUT2D eigenvalue weighted by atomic mass is 10.1. The molecule has 0 saturated heterocycles.